The van der Waals surface area contributed by atoms with Crippen molar-refractivity contribution in [3.8, 4) is 0 Å². The monoisotopic (exact) mass is 4180 g/mol. The standard InChI is InChI=1S/82V. The molecule has 0 rings (SSSR count). The average molecular weight is 4180 g/mol. The molecule has 410 valence electrons. The summed E-state index contributed by atoms with van der Waals surface area (Å²) in [5, 5.41) is 0. The molecule has 0 heterocycles. The van der Waals surface area contributed by atoms with Gasteiger partial charge in [0.1, 0.15) is 0 Å². The molecule has 0 N–H and O–H groups in total. The van der Waals surface area contributed by atoms with Crippen LogP contribution in [0.25, 0.3) is 0 Å². The van der Waals surface area contributed by atoms with E-state index in [4.69, 9.17) is 0 Å². The first-order valence-electron chi connectivity index (χ1n) is 0. The first-order chi connectivity index (χ1) is 0. The molecule has 0 fully saturated rings. The minimum atomic E-state index is 0. The summed E-state index contributed by atoms with van der Waals surface area (Å²) < 4.78 is 0. The van der Waals surface area contributed by atoms with Gasteiger partial charge in [-0.2, -0.15) is 0 Å². The van der Waals surface area contributed by atoms with Crippen molar-refractivity contribution in [1.29, 1.82) is 0 Å². The molecule has 82 heavy (non-hydrogen) atoms. The van der Waals surface area contributed by atoms with Crippen LogP contribution in [0.15, 0.2) is 0 Å². The minimum Gasteiger partial charge on any atom is 0 e. The number of hydrogen-bond acceptors (Lipinski definition) is 0. The molecule has 0 unspecified atom stereocenters. The normalized spacial score (nSPS) is 0. The van der Waals surface area contributed by atoms with Gasteiger partial charge in [0.25, 0.3) is 0 Å². The molecule has 0 bridgehead atoms. The molecule has 0 aliphatic rings. The second-order valence-electron chi connectivity index (χ2n) is 0. The molecule has 0 aromatic heterocycles. The van der Waals surface area contributed by atoms with Gasteiger partial charge in [-0.3, -0.25) is 0 Å². The van der Waals surface area contributed by atoms with Crippen molar-refractivity contribution >= 4 is 0 Å². The van der Waals surface area contributed by atoms with Crippen molar-refractivity contribution in [2.45, 2.75) is 0 Å². The fourth-order valence-electron chi connectivity index (χ4n) is 0. The van der Waals surface area contributed by atoms with E-state index in [-0.39, 0.29) is 1520 Å². The molecule has 82 radical (unpaired) electrons. The van der Waals surface area contributed by atoms with Gasteiger partial charge in [0.15, 0.2) is 0 Å². The number of rotatable bonds is 0. The van der Waals surface area contributed by atoms with E-state index in [2.05, 4.69) is 0 Å². The predicted octanol–water partition coefficient (Wildman–Crippen LogP) is -0.205. The Morgan fingerprint density at radius 1 is 0.0122 bits per heavy atom. The third kappa shape index (κ3) is 897. The van der Waals surface area contributed by atoms with Crippen LogP contribution in [0.4, 0.5) is 0 Å². The van der Waals surface area contributed by atoms with Crippen molar-refractivity contribution in [2.75, 3.05) is 0 Å². The van der Waals surface area contributed by atoms with E-state index in [0.717, 1.165) is 0 Å². The van der Waals surface area contributed by atoms with Gasteiger partial charge in [-0.15, -0.1) is 0 Å². The van der Waals surface area contributed by atoms with Crippen LogP contribution in [-0.4, -0.2) is 0 Å². The van der Waals surface area contributed by atoms with Crippen molar-refractivity contribution in [3.05, 3.63) is 0 Å². The Labute approximate surface area is 1480 Å². The summed E-state index contributed by atoms with van der Waals surface area (Å²) in [4.78, 5) is 0. The van der Waals surface area contributed by atoms with E-state index in [1.807, 2.05) is 0 Å². The molecule has 0 atom stereocenters. The molecule has 0 aromatic carbocycles. The Morgan fingerprint density at radius 3 is 0.0122 bits per heavy atom. The van der Waals surface area contributed by atoms with Gasteiger partial charge in [0.2, 0.25) is 0 Å². The number of hydrogen-bond donors (Lipinski definition) is 0. The molecule has 0 saturated heterocycles. The smallest absolute Gasteiger partial charge is 0 e. The zero-order valence-electron chi connectivity index (χ0n) is 36.7. The zero-order valence-corrected chi connectivity index (χ0v) is 151. The van der Waals surface area contributed by atoms with Crippen LogP contribution < -0.4 is 0 Å². The summed E-state index contributed by atoms with van der Waals surface area (Å²) in [5.41, 5.74) is 0. The van der Waals surface area contributed by atoms with Gasteiger partial charge >= 0.3 is 0 Å². The van der Waals surface area contributed by atoms with Crippen LogP contribution in [0, 0.1) is 0 Å². The third-order valence-corrected chi connectivity index (χ3v) is 0. The molecule has 0 aliphatic carbocycles. The van der Waals surface area contributed by atoms with Gasteiger partial charge in [-0.05, 0) is 0 Å². The summed E-state index contributed by atoms with van der Waals surface area (Å²) in [6, 6.07) is 0. The first kappa shape index (κ1) is 940. The van der Waals surface area contributed by atoms with Crippen molar-refractivity contribution in [1.82, 2.24) is 0 Å². The molecule has 82 heteroatoms. The minimum absolute atomic E-state index is 0. The summed E-state index contributed by atoms with van der Waals surface area (Å²) >= 11 is 0. The van der Waals surface area contributed by atoms with E-state index in [1.54, 1.807) is 0 Å². The van der Waals surface area contributed by atoms with E-state index in [0.29, 0.717) is 0 Å². The molecule has 0 aromatic rings. The second kappa shape index (κ2) is 919. The Hall–Kier alpha value is 47.9. The fraction of sp³-hybridized carbons (Fsp3) is 0. The van der Waals surface area contributed by atoms with E-state index in [9.17, 15) is 0 Å². The summed E-state index contributed by atoms with van der Waals surface area (Å²) in [7, 11) is 0. The molecule has 0 nitrogen and oxygen atoms in total. The maximum Gasteiger partial charge on any atom is 0 e. The summed E-state index contributed by atoms with van der Waals surface area (Å²) in [6.45, 7) is 0. The Morgan fingerprint density at radius 2 is 0.0122 bits per heavy atom. The molecule has 0 spiro atoms. The van der Waals surface area contributed by atoms with Crippen LogP contribution >= 0.6 is 0 Å². The van der Waals surface area contributed by atoms with Gasteiger partial charge in [0.05, 0.1) is 0 Å². The maximum absolute atomic E-state index is 0. The summed E-state index contributed by atoms with van der Waals surface area (Å²) in [6.07, 6.45) is 0. The van der Waals surface area contributed by atoms with Crippen LogP contribution in [0.1, 0.15) is 0 Å². The Balaban J connectivity index is 0. The topological polar surface area (TPSA) is 0 Å². The Bertz CT molecular complexity index is 0. The third-order valence-electron chi connectivity index (χ3n) is 0. The largest absolute Gasteiger partial charge is 0 e. The molecule has 0 amide bonds. The molecular weight excluding hydrogens is 4180 g/mol. The van der Waals surface area contributed by atoms with Crippen LogP contribution in [0.3, 0.4) is 0 Å². The van der Waals surface area contributed by atoms with E-state index < -0.39 is 0 Å². The van der Waals surface area contributed by atoms with Crippen LogP contribution in [0.5, 0.6) is 0 Å². The molecule has 0 saturated carbocycles. The van der Waals surface area contributed by atoms with E-state index in [1.165, 1.54) is 0 Å². The fourth-order valence-corrected chi connectivity index (χ4v) is 0. The van der Waals surface area contributed by atoms with Gasteiger partial charge in [-0.1, -0.05) is 0 Å². The van der Waals surface area contributed by atoms with Crippen molar-refractivity contribution in [2.24, 2.45) is 0 Å². The molecular formula is V82. The Kier molecular flexibility index (Phi) is 10500. The van der Waals surface area contributed by atoms with Gasteiger partial charge < -0.3 is 0 Å². The van der Waals surface area contributed by atoms with Crippen LogP contribution in [0.2, 0.25) is 0 Å². The van der Waals surface area contributed by atoms with Crippen LogP contribution in [-0.2, 0) is 1520 Å². The quantitative estimate of drug-likeness (QED) is 0.316. The van der Waals surface area contributed by atoms with Gasteiger partial charge in [-0.25, -0.2) is 0 Å². The van der Waals surface area contributed by atoms with Gasteiger partial charge in [0, 0.05) is 1520 Å². The predicted molar refractivity (Wildman–Crippen MR) is 0 cm³/mol. The van der Waals surface area contributed by atoms with E-state index >= 15 is 0 Å². The SMILES string of the molecule is [V].[V].[V].[V].[V].[V].[V].[V].[V].[V].[V].[V].[V].[V].[V].[V].[V].[V].[V].[V].[V].[V].[V].[V].[V].[V].[V].[V].[V].[V].[V].[V].[V].[V].[V].[V].[V].[V].[V].[V].[V].[V].[V].[V].[V].[V].[V].[V].[V].[V].[V].[V].[V].[V].[V].[V].[V].[V].[V].[V].[V].[V].[V].[V].[V].[V].[V].[V].[V].[V].[V].[V].[V].[V].[V].[V].[V].[V].[V].[V].[V].[V]. The zero-order chi connectivity index (χ0) is 0. The average Bonchev–Trinajstić information content (AvgIpc) is 0. The maximum atomic E-state index is 0. The van der Waals surface area contributed by atoms with Crippen molar-refractivity contribution in [3.63, 3.8) is 0 Å². The van der Waals surface area contributed by atoms with Crippen molar-refractivity contribution < 1.29 is 1520 Å². The summed E-state index contributed by atoms with van der Waals surface area (Å²) in [5.74, 6) is 0. The molecule has 0 aliphatic heterocycles. The second-order valence-corrected chi connectivity index (χ2v) is 0. The first-order valence-corrected chi connectivity index (χ1v) is 0.